The fourth-order valence-corrected chi connectivity index (χ4v) is 3.80. The van der Waals surface area contributed by atoms with E-state index in [4.69, 9.17) is 23.2 Å². The van der Waals surface area contributed by atoms with E-state index in [1.165, 1.54) is 11.3 Å². The van der Waals surface area contributed by atoms with Crippen LogP contribution in [0.5, 0.6) is 0 Å². The van der Waals surface area contributed by atoms with Gasteiger partial charge in [0.15, 0.2) is 0 Å². The maximum Gasteiger partial charge on any atom is 0.107 e. The summed E-state index contributed by atoms with van der Waals surface area (Å²) in [5.74, 6) is 0. The van der Waals surface area contributed by atoms with Crippen LogP contribution in [0.25, 0.3) is 0 Å². The summed E-state index contributed by atoms with van der Waals surface area (Å²) >= 11 is 20.1. The Hall–Kier alpha value is 0.220. The highest BCUT2D eigenvalue weighted by Crippen LogP contribution is 2.36. The Bertz CT molecular complexity index is 572. The van der Waals surface area contributed by atoms with E-state index in [2.05, 4.69) is 37.2 Å². The molecule has 2 N–H and O–H groups in total. The van der Waals surface area contributed by atoms with E-state index in [9.17, 15) is 5.11 Å². The van der Waals surface area contributed by atoms with Crippen molar-refractivity contribution in [1.29, 1.82) is 0 Å². The van der Waals surface area contributed by atoms with Crippen LogP contribution in [0.3, 0.4) is 0 Å². The number of halogens is 4. The van der Waals surface area contributed by atoms with E-state index in [0.717, 1.165) is 19.5 Å². The lowest BCUT2D eigenvalue weighted by Crippen LogP contribution is -2.13. The third kappa shape index (κ3) is 3.86. The average molecular weight is 446 g/mol. The van der Waals surface area contributed by atoms with Gasteiger partial charge in [-0.05, 0) is 56.1 Å². The lowest BCUT2D eigenvalue weighted by molar-refractivity contribution is 0.278. The monoisotopic (exact) mass is 443 g/mol. The number of hydrogen-bond donors (Lipinski definition) is 2. The van der Waals surface area contributed by atoms with Crippen LogP contribution in [0.2, 0.25) is 9.36 Å². The molecule has 1 aromatic heterocycles. The molecule has 102 valence electrons. The second kappa shape index (κ2) is 6.78. The maximum absolute atomic E-state index is 9.51. The van der Waals surface area contributed by atoms with E-state index in [1.54, 1.807) is 6.07 Å². The summed E-state index contributed by atoms with van der Waals surface area (Å²) in [7, 11) is 0. The third-order valence-corrected chi connectivity index (χ3v) is 6.25. The van der Waals surface area contributed by atoms with Gasteiger partial charge in [0.25, 0.3) is 0 Å². The minimum atomic E-state index is -0.207. The number of hydrogen-bond acceptors (Lipinski definition) is 3. The Morgan fingerprint density at radius 2 is 1.95 bits per heavy atom. The van der Waals surface area contributed by atoms with Crippen molar-refractivity contribution in [2.45, 2.75) is 6.04 Å². The van der Waals surface area contributed by atoms with Gasteiger partial charge in [0.1, 0.15) is 4.34 Å². The summed E-state index contributed by atoms with van der Waals surface area (Å²) in [5.41, 5.74) is 0.871. The van der Waals surface area contributed by atoms with Gasteiger partial charge in [-0.25, -0.2) is 0 Å². The molecule has 2 aromatic rings. The zero-order chi connectivity index (χ0) is 14.0. The molecule has 1 atom stereocenters. The molecule has 0 spiro atoms. The lowest BCUT2D eigenvalue weighted by atomic mass is 10.2. The molecular formula is C12H9Br2Cl2NOS. The van der Waals surface area contributed by atoms with Crippen LogP contribution in [-0.4, -0.2) is 11.7 Å². The van der Waals surface area contributed by atoms with Crippen molar-refractivity contribution in [2.75, 3.05) is 11.9 Å². The molecule has 0 radical (unpaired) electrons. The van der Waals surface area contributed by atoms with Crippen LogP contribution in [0.1, 0.15) is 10.9 Å². The Labute approximate surface area is 142 Å². The highest BCUT2D eigenvalue weighted by Gasteiger charge is 2.15. The molecule has 19 heavy (non-hydrogen) atoms. The summed E-state index contributed by atoms with van der Waals surface area (Å²) in [6.07, 6.45) is 0. The molecule has 2 rings (SSSR count). The fourth-order valence-electron chi connectivity index (χ4n) is 1.53. The molecule has 0 fully saturated rings. The summed E-state index contributed by atoms with van der Waals surface area (Å²) in [4.78, 5) is 0.963. The minimum Gasteiger partial charge on any atom is -0.394 e. The number of benzene rings is 1. The highest BCUT2D eigenvalue weighted by atomic mass is 79.9. The molecule has 0 aliphatic rings. The predicted molar refractivity (Wildman–Crippen MR) is 89.6 cm³/mol. The first-order valence-corrected chi connectivity index (χ1v) is 8.44. The number of aliphatic hydroxyl groups excluding tert-OH is 1. The van der Waals surface area contributed by atoms with Crippen LogP contribution < -0.4 is 5.32 Å². The van der Waals surface area contributed by atoms with Gasteiger partial charge in [-0.2, -0.15) is 0 Å². The largest absolute Gasteiger partial charge is 0.394 e. The Kier molecular flexibility index (Phi) is 5.57. The topological polar surface area (TPSA) is 32.3 Å². The smallest absolute Gasteiger partial charge is 0.107 e. The first-order chi connectivity index (χ1) is 9.01. The molecule has 2 nitrogen and oxygen atoms in total. The fraction of sp³-hybridized carbons (Fsp3) is 0.167. The van der Waals surface area contributed by atoms with Crippen molar-refractivity contribution in [2.24, 2.45) is 0 Å². The molecule has 0 aliphatic carbocycles. The van der Waals surface area contributed by atoms with Crippen LogP contribution in [0.15, 0.2) is 33.2 Å². The molecule has 1 unspecified atom stereocenters. The molecule has 0 bridgehead atoms. The second-order valence-corrected chi connectivity index (χ2v) is 7.58. The summed E-state index contributed by atoms with van der Waals surface area (Å²) < 4.78 is 2.32. The average Bonchev–Trinajstić information content (AvgIpc) is 2.71. The van der Waals surface area contributed by atoms with E-state index in [-0.39, 0.29) is 12.6 Å². The van der Waals surface area contributed by atoms with Crippen LogP contribution in [0.4, 0.5) is 5.69 Å². The Morgan fingerprint density at radius 1 is 1.21 bits per heavy atom. The Morgan fingerprint density at radius 3 is 2.47 bits per heavy atom. The first kappa shape index (κ1) is 15.6. The third-order valence-electron chi connectivity index (χ3n) is 2.45. The van der Waals surface area contributed by atoms with Gasteiger partial charge in [0, 0.05) is 19.5 Å². The molecule has 0 saturated heterocycles. The summed E-state index contributed by atoms with van der Waals surface area (Å²) in [6.45, 7) is -0.0243. The van der Waals surface area contributed by atoms with Crippen LogP contribution in [-0.2, 0) is 0 Å². The van der Waals surface area contributed by atoms with Gasteiger partial charge in [-0.1, -0.05) is 23.2 Å². The van der Waals surface area contributed by atoms with Crippen LogP contribution in [0, 0.1) is 0 Å². The number of rotatable bonds is 4. The van der Waals surface area contributed by atoms with Crippen molar-refractivity contribution < 1.29 is 5.11 Å². The van der Waals surface area contributed by atoms with Crippen molar-refractivity contribution in [3.8, 4) is 0 Å². The van der Waals surface area contributed by atoms with Crippen molar-refractivity contribution >= 4 is 72.1 Å². The van der Waals surface area contributed by atoms with E-state index in [0.29, 0.717) is 9.36 Å². The SMILES string of the molecule is OCC(Nc1ccc(Cl)c(Br)c1)c1cc(Br)c(Cl)s1. The van der Waals surface area contributed by atoms with E-state index >= 15 is 0 Å². The first-order valence-electron chi connectivity index (χ1n) is 5.28. The van der Waals surface area contributed by atoms with Gasteiger partial charge in [-0.3, -0.25) is 0 Å². The number of thiophene rings is 1. The standard InChI is InChI=1S/C12H9Br2Cl2NOS/c13-7-3-6(1-2-9(7)15)17-10(5-18)11-4-8(14)12(16)19-11/h1-4,10,17-18H,5H2. The molecule has 1 heterocycles. The van der Waals surface area contributed by atoms with Crippen molar-refractivity contribution in [3.63, 3.8) is 0 Å². The van der Waals surface area contributed by atoms with Gasteiger partial charge in [-0.15, -0.1) is 11.3 Å². The molecule has 0 saturated carbocycles. The van der Waals surface area contributed by atoms with Gasteiger partial charge in [0.05, 0.1) is 17.7 Å². The lowest BCUT2D eigenvalue weighted by Gasteiger charge is -2.16. The van der Waals surface area contributed by atoms with E-state index in [1.807, 2.05) is 18.2 Å². The maximum atomic E-state index is 9.51. The highest BCUT2D eigenvalue weighted by molar-refractivity contribution is 9.11. The van der Waals surface area contributed by atoms with Crippen molar-refractivity contribution in [3.05, 3.63) is 47.4 Å². The molecule has 0 amide bonds. The summed E-state index contributed by atoms with van der Waals surface area (Å²) in [5, 5.41) is 13.4. The van der Waals surface area contributed by atoms with Crippen molar-refractivity contribution in [1.82, 2.24) is 0 Å². The second-order valence-electron chi connectivity index (χ2n) is 3.78. The Balaban J connectivity index is 2.21. The van der Waals surface area contributed by atoms with Crippen LogP contribution >= 0.6 is 66.4 Å². The quantitative estimate of drug-likeness (QED) is 0.630. The minimum absolute atomic E-state index is 0.0243. The zero-order valence-corrected chi connectivity index (χ0v) is 15.0. The molecule has 0 aliphatic heterocycles. The van der Waals surface area contributed by atoms with Gasteiger partial charge >= 0.3 is 0 Å². The van der Waals surface area contributed by atoms with E-state index < -0.39 is 0 Å². The zero-order valence-electron chi connectivity index (χ0n) is 9.46. The summed E-state index contributed by atoms with van der Waals surface area (Å²) in [6, 6.07) is 7.22. The molecule has 7 heteroatoms. The molecular weight excluding hydrogens is 437 g/mol. The number of nitrogens with one attached hydrogen (secondary N) is 1. The predicted octanol–water partition coefficient (Wildman–Crippen LogP) is 5.73. The normalized spacial score (nSPS) is 12.5. The van der Waals surface area contributed by atoms with Gasteiger partial charge < -0.3 is 10.4 Å². The van der Waals surface area contributed by atoms with Gasteiger partial charge in [0.2, 0.25) is 0 Å². The molecule has 1 aromatic carbocycles. The number of anilines is 1. The number of aliphatic hydroxyl groups is 1.